The molecule has 1 aliphatic rings. The molecule has 22 heavy (non-hydrogen) atoms. The molecule has 1 aliphatic heterocycles. The van der Waals surface area contributed by atoms with E-state index in [1.54, 1.807) is 19.2 Å². The van der Waals surface area contributed by atoms with Crippen LogP contribution in [-0.2, 0) is 16.0 Å². The van der Waals surface area contributed by atoms with Crippen LogP contribution in [0.4, 0.5) is 4.39 Å². The Morgan fingerprint density at radius 3 is 2.73 bits per heavy atom. The van der Waals surface area contributed by atoms with E-state index in [4.69, 9.17) is 10.5 Å². The molecule has 2 rings (SSSR count). The largest absolute Gasteiger partial charge is 0.383 e. The van der Waals surface area contributed by atoms with Crippen molar-refractivity contribution in [2.24, 2.45) is 11.7 Å². The van der Waals surface area contributed by atoms with Gasteiger partial charge < -0.3 is 15.4 Å². The second kappa shape index (κ2) is 9.08. The maximum Gasteiger partial charge on any atom is 0.241 e. The van der Waals surface area contributed by atoms with Crippen LogP contribution in [0.2, 0.25) is 0 Å². The normalized spacial score (nSPS) is 17.0. The number of methoxy groups -OCH3 is 1. The van der Waals surface area contributed by atoms with Crippen molar-refractivity contribution in [3.8, 4) is 0 Å². The van der Waals surface area contributed by atoms with E-state index in [9.17, 15) is 9.18 Å². The van der Waals surface area contributed by atoms with Crippen molar-refractivity contribution in [2.45, 2.75) is 25.3 Å². The van der Waals surface area contributed by atoms with Crippen LogP contribution in [0.1, 0.15) is 18.4 Å². The highest BCUT2D eigenvalue weighted by molar-refractivity contribution is 5.85. The fourth-order valence-electron chi connectivity index (χ4n) is 2.84. The minimum absolute atomic E-state index is 0. The van der Waals surface area contributed by atoms with Gasteiger partial charge in [-0.3, -0.25) is 4.79 Å². The Labute approximate surface area is 137 Å². The lowest BCUT2D eigenvalue weighted by atomic mass is 9.90. The monoisotopic (exact) mass is 330 g/mol. The first-order valence-corrected chi connectivity index (χ1v) is 7.38. The van der Waals surface area contributed by atoms with Gasteiger partial charge in [-0.1, -0.05) is 12.1 Å². The molecule has 1 unspecified atom stereocenters. The number of nitrogens with zero attached hydrogens (tertiary/aromatic N) is 1. The maximum absolute atomic E-state index is 13.2. The van der Waals surface area contributed by atoms with Crippen molar-refractivity contribution in [3.05, 3.63) is 35.6 Å². The summed E-state index contributed by atoms with van der Waals surface area (Å²) in [4.78, 5) is 13.9. The third kappa shape index (κ3) is 5.23. The molecule has 2 N–H and O–H groups in total. The Morgan fingerprint density at radius 2 is 2.14 bits per heavy atom. The van der Waals surface area contributed by atoms with Crippen molar-refractivity contribution in [3.63, 3.8) is 0 Å². The molecule has 4 nitrogen and oxygen atoms in total. The Morgan fingerprint density at radius 1 is 1.45 bits per heavy atom. The molecule has 0 radical (unpaired) electrons. The number of nitrogens with two attached hydrogens (primary N) is 1. The first-order valence-electron chi connectivity index (χ1n) is 7.38. The summed E-state index contributed by atoms with van der Waals surface area (Å²) >= 11 is 0. The summed E-state index contributed by atoms with van der Waals surface area (Å²) in [6, 6.07) is 6.17. The van der Waals surface area contributed by atoms with Gasteiger partial charge in [-0.25, -0.2) is 4.39 Å². The van der Waals surface area contributed by atoms with Crippen LogP contribution in [0.15, 0.2) is 24.3 Å². The molecule has 1 fully saturated rings. The van der Waals surface area contributed by atoms with Gasteiger partial charge in [-0.05, 0) is 42.9 Å². The lowest BCUT2D eigenvalue weighted by molar-refractivity contribution is -0.135. The summed E-state index contributed by atoms with van der Waals surface area (Å²) in [6.45, 7) is 1.69. The Bertz CT molecular complexity index is 479. The molecule has 1 heterocycles. The molecule has 1 aromatic rings. The van der Waals surface area contributed by atoms with Gasteiger partial charge in [-0.15, -0.1) is 12.4 Å². The number of rotatable bonds is 5. The molecule has 0 bridgehead atoms. The quantitative estimate of drug-likeness (QED) is 0.898. The molecule has 6 heteroatoms. The van der Waals surface area contributed by atoms with E-state index in [1.165, 1.54) is 6.07 Å². The van der Waals surface area contributed by atoms with E-state index in [0.29, 0.717) is 5.92 Å². The summed E-state index contributed by atoms with van der Waals surface area (Å²) < 4.78 is 18.1. The van der Waals surface area contributed by atoms with Gasteiger partial charge in [0.2, 0.25) is 5.91 Å². The number of amides is 1. The van der Waals surface area contributed by atoms with Crippen molar-refractivity contribution in [2.75, 3.05) is 26.8 Å². The average Bonchev–Trinajstić information content (AvgIpc) is 2.47. The van der Waals surface area contributed by atoms with Crippen LogP contribution in [0.5, 0.6) is 0 Å². The third-order valence-corrected chi connectivity index (χ3v) is 4.00. The van der Waals surface area contributed by atoms with E-state index in [2.05, 4.69) is 0 Å². The number of piperidine rings is 1. The number of hydrogen-bond acceptors (Lipinski definition) is 3. The Kier molecular flexibility index (Phi) is 7.79. The summed E-state index contributed by atoms with van der Waals surface area (Å²) in [5, 5.41) is 0. The minimum Gasteiger partial charge on any atom is -0.383 e. The summed E-state index contributed by atoms with van der Waals surface area (Å²) in [7, 11) is 1.54. The summed E-state index contributed by atoms with van der Waals surface area (Å²) in [5.74, 6) is 0.265. The molecular formula is C16H24ClFN2O2. The van der Waals surface area contributed by atoms with Crippen LogP contribution < -0.4 is 5.73 Å². The number of benzene rings is 1. The van der Waals surface area contributed by atoms with Crippen molar-refractivity contribution >= 4 is 18.3 Å². The van der Waals surface area contributed by atoms with Gasteiger partial charge in [0.25, 0.3) is 0 Å². The van der Waals surface area contributed by atoms with Crippen molar-refractivity contribution in [1.29, 1.82) is 0 Å². The molecule has 1 aromatic carbocycles. The molecule has 1 saturated heterocycles. The SMILES string of the molecule is COCC(N)C(=O)N1CCC(Cc2cccc(F)c2)CC1.Cl. The summed E-state index contributed by atoms with van der Waals surface area (Å²) in [6.07, 6.45) is 2.73. The van der Waals surface area contributed by atoms with E-state index in [0.717, 1.165) is 37.9 Å². The van der Waals surface area contributed by atoms with Crippen molar-refractivity contribution < 1.29 is 13.9 Å². The zero-order chi connectivity index (χ0) is 15.2. The summed E-state index contributed by atoms with van der Waals surface area (Å²) in [5.41, 5.74) is 6.80. The number of hydrogen-bond donors (Lipinski definition) is 1. The zero-order valence-corrected chi connectivity index (χ0v) is 13.7. The molecule has 0 saturated carbocycles. The predicted molar refractivity (Wildman–Crippen MR) is 86.5 cm³/mol. The second-order valence-corrected chi connectivity index (χ2v) is 5.66. The molecule has 1 amide bonds. The molecule has 1 atom stereocenters. The van der Waals surface area contributed by atoms with Crippen LogP contribution in [0.3, 0.4) is 0 Å². The smallest absolute Gasteiger partial charge is 0.241 e. The molecule has 0 spiro atoms. The Hall–Kier alpha value is -1.17. The van der Waals surface area contributed by atoms with E-state index < -0.39 is 6.04 Å². The lowest BCUT2D eigenvalue weighted by Crippen LogP contribution is -2.49. The van der Waals surface area contributed by atoms with Crippen LogP contribution >= 0.6 is 12.4 Å². The number of halogens is 2. The number of carbonyl (C=O) groups is 1. The van der Waals surface area contributed by atoms with Crippen LogP contribution in [0, 0.1) is 11.7 Å². The Balaban J connectivity index is 0.00000242. The highest BCUT2D eigenvalue weighted by Gasteiger charge is 2.26. The van der Waals surface area contributed by atoms with Gasteiger partial charge >= 0.3 is 0 Å². The van der Waals surface area contributed by atoms with E-state index in [1.807, 2.05) is 11.0 Å². The minimum atomic E-state index is -0.574. The topological polar surface area (TPSA) is 55.6 Å². The van der Waals surface area contributed by atoms with Crippen molar-refractivity contribution in [1.82, 2.24) is 4.90 Å². The lowest BCUT2D eigenvalue weighted by Gasteiger charge is -2.33. The maximum atomic E-state index is 13.2. The predicted octanol–water partition coefficient (Wildman–Crippen LogP) is 2.00. The first-order chi connectivity index (χ1) is 10.1. The molecule has 124 valence electrons. The average molecular weight is 331 g/mol. The van der Waals surface area contributed by atoms with Gasteiger partial charge in [0.1, 0.15) is 11.9 Å². The van der Waals surface area contributed by atoms with Gasteiger partial charge in [0.05, 0.1) is 6.61 Å². The van der Waals surface area contributed by atoms with Crippen LogP contribution in [-0.4, -0.2) is 43.7 Å². The fourth-order valence-corrected chi connectivity index (χ4v) is 2.84. The molecule has 0 aromatic heterocycles. The number of likely N-dealkylation sites (tertiary alicyclic amines) is 1. The highest BCUT2D eigenvalue weighted by atomic mass is 35.5. The number of carbonyl (C=O) groups excluding carboxylic acids is 1. The number of ether oxygens (including phenoxy) is 1. The van der Waals surface area contributed by atoms with Crippen LogP contribution in [0.25, 0.3) is 0 Å². The molecule has 0 aliphatic carbocycles. The van der Waals surface area contributed by atoms with Gasteiger partial charge in [-0.2, -0.15) is 0 Å². The standard InChI is InChI=1S/C16H23FN2O2.ClH/c1-21-11-15(18)16(20)19-7-5-12(6-8-19)9-13-3-2-4-14(17)10-13;/h2-4,10,12,15H,5-9,11,18H2,1H3;1H. The third-order valence-electron chi connectivity index (χ3n) is 4.00. The van der Waals surface area contributed by atoms with Gasteiger partial charge in [0, 0.05) is 20.2 Å². The first kappa shape index (κ1) is 18.9. The van der Waals surface area contributed by atoms with E-state index in [-0.39, 0.29) is 30.7 Å². The van der Waals surface area contributed by atoms with Gasteiger partial charge in [0.15, 0.2) is 0 Å². The highest BCUT2D eigenvalue weighted by Crippen LogP contribution is 2.22. The second-order valence-electron chi connectivity index (χ2n) is 5.66. The zero-order valence-electron chi connectivity index (χ0n) is 12.8. The van der Waals surface area contributed by atoms with E-state index >= 15 is 0 Å². The fraction of sp³-hybridized carbons (Fsp3) is 0.562. The molecular weight excluding hydrogens is 307 g/mol.